The third-order valence-corrected chi connectivity index (χ3v) is 11.2. The molecule has 5 N–H and O–H groups in total. The minimum atomic E-state index is -3.77. The molecule has 3 aromatic carbocycles. The monoisotopic (exact) mass is 655 g/mol. The fraction of sp³-hybridized carbons (Fsp3) is 0.226. The average molecular weight is 656 g/mol. The number of halogens is 1. The molecule has 0 bridgehead atoms. The third kappa shape index (κ3) is 6.83. The maximum absolute atomic E-state index is 14.0. The van der Waals surface area contributed by atoms with Crippen molar-refractivity contribution in [2.75, 3.05) is 30.7 Å². The number of piperidine rings is 1. The summed E-state index contributed by atoms with van der Waals surface area (Å²) < 4.78 is 34.8. The molecule has 4 aromatic rings. The van der Waals surface area contributed by atoms with Gasteiger partial charge in [0.25, 0.3) is 0 Å². The number of anilines is 2. The molecule has 1 aliphatic rings. The molecule has 10 nitrogen and oxygen atoms in total. The Labute approximate surface area is 263 Å². The average Bonchev–Trinajstić information content (AvgIpc) is 3.33. The number of hydrogen-bond donors (Lipinski definition) is 4. The maximum Gasteiger partial charge on any atom is 0.349 e. The highest BCUT2D eigenvalue weighted by atomic mass is 35.5. The van der Waals surface area contributed by atoms with E-state index in [4.69, 9.17) is 27.2 Å². The summed E-state index contributed by atoms with van der Waals surface area (Å²) in [6.07, 6.45) is 1.13. The highest BCUT2D eigenvalue weighted by Crippen LogP contribution is 2.46. The fourth-order valence-corrected chi connectivity index (χ4v) is 8.67. The van der Waals surface area contributed by atoms with E-state index in [1.165, 1.54) is 0 Å². The van der Waals surface area contributed by atoms with Gasteiger partial charge in [0, 0.05) is 30.5 Å². The number of aromatic carboxylic acids is 1. The second-order valence-corrected chi connectivity index (χ2v) is 13.7. The highest BCUT2D eigenvalue weighted by molar-refractivity contribution is 7.89. The van der Waals surface area contributed by atoms with E-state index in [2.05, 4.69) is 5.32 Å². The van der Waals surface area contributed by atoms with Crippen molar-refractivity contribution in [3.8, 4) is 16.2 Å². The summed E-state index contributed by atoms with van der Waals surface area (Å²) in [7, 11) is -3.77. The van der Waals surface area contributed by atoms with Crippen LogP contribution in [-0.4, -0.2) is 60.6 Å². The van der Waals surface area contributed by atoms with Gasteiger partial charge in [-0.3, -0.25) is 0 Å². The smallest absolute Gasteiger partial charge is 0.349 e. The normalized spacial score (nSPS) is 15.0. The SMILES string of the molecule is Nc1cccc(C(c2ccccc2)S(=O)(=O)N2CCC(Nc3cccc(-c4sc(C(=O)O)c(OCC(=O)O)c4Cl)c3)CC2)c1. The largest absolute Gasteiger partial charge is 0.479 e. The summed E-state index contributed by atoms with van der Waals surface area (Å²) in [5, 5.41) is 21.2. The van der Waals surface area contributed by atoms with Crippen LogP contribution < -0.4 is 15.8 Å². The first-order valence-electron chi connectivity index (χ1n) is 13.7. The third-order valence-electron chi connectivity index (χ3n) is 7.27. The number of sulfonamides is 1. The summed E-state index contributed by atoms with van der Waals surface area (Å²) in [5.74, 6) is -2.71. The Hall–Kier alpha value is -4.10. The number of carboxylic acids is 2. The zero-order valence-electron chi connectivity index (χ0n) is 23.4. The molecule has 2 heterocycles. The van der Waals surface area contributed by atoms with Crippen molar-refractivity contribution >= 4 is 56.3 Å². The Morgan fingerprint density at radius 2 is 1.68 bits per heavy atom. The molecule has 1 saturated heterocycles. The summed E-state index contributed by atoms with van der Waals surface area (Å²) in [4.78, 5) is 23.0. The molecule has 13 heteroatoms. The summed E-state index contributed by atoms with van der Waals surface area (Å²) in [6, 6.07) is 23.3. The lowest BCUT2D eigenvalue weighted by molar-refractivity contribution is -0.139. The topological polar surface area (TPSA) is 159 Å². The van der Waals surface area contributed by atoms with Crippen molar-refractivity contribution in [2.24, 2.45) is 0 Å². The van der Waals surface area contributed by atoms with Gasteiger partial charge in [-0.05, 0) is 53.8 Å². The molecule has 1 aliphatic heterocycles. The summed E-state index contributed by atoms with van der Waals surface area (Å²) in [5.41, 5.74) is 9.17. The van der Waals surface area contributed by atoms with Crippen LogP contribution in [0.15, 0.2) is 78.9 Å². The van der Waals surface area contributed by atoms with Gasteiger partial charge in [-0.1, -0.05) is 66.2 Å². The number of aliphatic carboxylic acids is 1. The second kappa shape index (κ2) is 13.3. The Balaban J connectivity index is 1.31. The van der Waals surface area contributed by atoms with Gasteiger partial charge in [-0.2, -0.15) is 0 Å². The first-order valence-corrected chi connectivity index (χ1v) is 16.4. The van der Waals surface area contributed by atoms with Crippen LogP contribution in [0.25, 0.3) is 10.4 Å². The summed E-state index contributed by atoms with van der Waals surface area (Å²) >= 11 is 7.35. The van der Waals surface area contributed by atoms with Crippen LogP contribution in [0.3, 0.4) is 0 Å². The van der Waals surface area contributed by atoms with Gasteiger partial charge in [-0.15, -0.1) is 11.3 Å². The molecule has 44 heavy (non-hydrogen) atoms. The van der Waals surface area contributed by atoms with Gasteiger partial charge in [0.1, 0.15) is 10.3 Å². The lowest BCUT2D eigenvalue weighted by Gasteiger charge is -2.34. The van der Waals surface area contributed by atoms with Gasteiger partial charge < -0.3 is 26.0 Å². The fourth-order valence-electron chi connectivity index (χ4n) is 5.26. The van der Waals surface area contributed by atoms with E-state index >= 15 is 0 Å². The molecule has 0 aliphatic carbocycles. The first-order chi connectivity index (χ1) is 21.0. The number of benzene rings is 3. The van der Waals surface area contributed by atoms with Crippen molar-refractivity contribution in [2.45, 2.75) is 24.1 Å². The standard InChI is InChI=1S/C31H30ClN3O7S2/c32-26-27(42-18-25(36)37)29(31(38)39)43-28(26)20-8-5-11-24(17-20)34-23-12-14-35(15-13-23)44(40,41)30(19-6-2-1-3-7-19)21-9-4-10-22(33)16-21/h1-11,16-17,23,30,34H,12-15,18,33H2,(H,36,37)(H,38,39). The number of nitrogen functional groups attached to an aromatic ring is 1. The Kier molecular flexibility index (Phi) is 9.45. The van der Waals surface area contributed by atoms with Gasteiger partial charge in [0.05, 0.1) is 4.88 Å². The Bertz CT molecular complexity index is 1770. The van der Waals surface area contributed by atoms with Crippen LogP contribution in [-0.2, 0) is 14.8 Å². The Morgan fingerprint density at radius 3 is 2.34 bits per heavy atom. The predicted octanol–water partition coefficient (Wildman–Crippen LogP) is 5.81. The first kappa shape index (κ1) is 31.3. The van der Waals surface area contributed by atoms with Gasteiger partial charge in [0.2, 0.25) is 10.0 Å². The quantitative estimate of drug-likeness (QED) is 0.146. The van der Waals surface area contributed by atoms with E-state index in [0.717, 1.165) is 17.0 Å². The number of carboxylic acid groups (broad SMARTS) is 2. The van der Waals surface area contributed by atoms with Crippen LogP contribution >= 0.6 is 22.9 Å². The number of hydrogen-bond acceptors (Lipinski definition) is 8. The molecule has 1 unspecified atom stereocenters. The molecular formula is C31H30ClN3O7S2. The van der Waals surface area contributed by atoms with Crippen LogP contribution in [0, 0.1) is 0 Å². The number of ether oxygens (including phenoxy) is 1. The molecule has 0 spiro atoms. The lowest BCUT2D eigenvalue weighted by Crippen LogP contribution is -2.44. The summed E-state index contributed by atoms with van der Waals surface area (Å²) in [6.45, 7) is -0.0691. The Morgan fingerprint density at radius 1 is 1.00 bits per heavy atom. The maximum atomic E-state index is 14.0. The molecular weight excluding hydrogens is 626 g/mol. The minimum absolute atomic E-state index is 0.0119. The number of thiophene rings is 1. The van der Waals surface area contributed by atoms with Crippen LogP contribution in [0.4, 0.5) is 11.4 Å². The van der Waals surface area contributed by atoms with Crippen LogP contribution in [0.1, 0.15) is 38.9 Å². The van der Waals surface area contributed by atoms with Crippen LogP contribution in [0.2, 0.25) is 5.02 Å². The van der Waals surface area contributed by atoms with E-state index in [-0.39, 0.29) is 21.7 Å². The molecule has 5 rings (SSSR count). The molecule has 230 valence electrons. The predicted molar refractivity (Wildman–Crippen MR) is 171 cm³/mol. The van der Waals surface area contributed by atoms with E-state index < -0.39 is 33.8 Å². The number of carbonyl (C=O) groups is 2. The zero-order valence-corrected chi connectivity index (χ0v) is 25.7. The van der Waals surface area contributed by atoms with E-state index in [9.17, 15) is 23.1 Å². The van der Waals surface area contributed by atoms with E-state index in [1.54, 1.807) is 40.7 Å². The number of nitrogens with one attached hydrogen (secondary N) is 1. The van der Waals surface area contributed by atoms with Crippen LogP contribution in [0.5, 0.6) is 5.75 Å². The molecule has 1 atom stereocenters. The van der Waals surface area contributed by atoms with Crippen molar-refractivity contribution in [3.05, 3.63) is 99.9 Å². The van der Waals surface area contributed by atoms with Crippen molar-refractivity contribution in [3.63, 3.8) is 0 Å². The number of nitrogens with two attached hydrogens (primary N) is 1. The molecule has 0 saturated carbocycles. The molecule has 0 amide bonds. The number of rotatable bonds is 11. The van der Waals surface area contributed by atoms with Crippen molar-refractivity contribution in [1.29, 1.82) is 0 Å². The van der Waals surface area contributed by atoms with E-state index in [1.807, 2.05) is 42.5 Å². The van der Waals surface area contributed by atoms with Crippen molar-refractivity contribution < 1.29 is 33.0 Å². The highest BCUT2D eigenvalue weighted by Gasteiger charge is 2.37. The van der Waals surface area contributed by atoms with Gasteiger partial charge >= 0.3 is 11.9 Å². The molecule has 0 radical (unpaired) electrons. The lowest BCUT2D eigenvalue weighted by atomic mass is 10.0. The minimum Gasteiger partial charge on any atom is -0.479 e. The molecule has 1 aromatic heterocycles. The van der Waals surface area contributed by atoms with Crippen molar-refractivity contribution in [1.82, 2.24) is 4.31 Å². The van der Waals surface area contributed by atoms with Gasteiger partial charge in [0.15, 0.2) is 17.2 Å². The van der Waals surface area contributed by atoms with Gasteiger partial charge in [-0.25, -0.2) is 22.3 Å². The second-order valence-electron chi connectivity index (χ2n) is 10.3. The zero-order chi connectivity index (χ0) is 31.4. The van der Waals surface area contributed by atoms with E-state index in [0.29, 0.717) is 53.2 Å². The number of nitrogens with zero attached hydrogens (tertiary/aromatic N) is 1. The molecule has 1 fully saturated rings.